The fraction of sp³-hybridized carbons (Fsp3) is 0.800. The van der Waals surface area contributed by atoms with Gasteiger partial charge in [-0.2, -0.15) is 5.26 Å². The number of rotatable bonds is 8. The van der Waals surface area contributed by atoms with Crippen LogP contribution in [0.15, 0.2) is 0 Å². The zero-order valence-corrected chi connectivity index (χ0v) is 14.9. The fourth-order valence-electron chi connectivity index (χ4n) is 0.798. The molecule has 0 aliphatic heterocycles. The Morgan fingerprint density at radius 2 is 1.18 bits per heavy atom. The van der Waals surface area contributed by atoms with Crippen LogP contribution in [0.4, 0.5) is 0 Å². The van der Waals surface area contributed by atoms with Crippen molar-refractivity contribution in [2.75, 3.05) is 26.4 Å². The minimum absolute atomic E-state index is 0. The van der Waals surface area contributed by atoms with E-state index in [0.717, 1.165) is 0 Å². The maximum absolute atomic E-state index is 11.0. The Bertz CT molecular complexity index is 376. The van der Waals surface area contributed by atoms with E-state index < -0.39 is 15.4 Å². The number of hydrogen-bond acceptors (Lipinski definition) is 8. The van der Waals surface area contributed by atoms with Crippen molar-refractivity contribution in [3.8, 4) is 12.4 Å². The quantitative estimate of drug-likeness (QED) is 0.635. The Kier molecular flexibility index (Phi) is 24.3. The molecule has 0 bridgehead atoms. The van der Waals surface area contributed by atoms with E-state index in [9.17, 15) is 9.13 Å². The fourth-order valence-corrected chi connectivity index (χ4v) is 2.40. The lowest BCUT2D eigenvalue weighted by Crippen LogP contribution is -1.93. The van der Waals surface area contributed by atoms with Crippen LogP contribution in [0.3, 0.4) is 0 Å². The molecule has 0 aliphatic carbocycles. The highest BCUT2D eigenvalue weighted by Gasteiger charge is 2.21. The summed E-state index contributed by atoms with van der Waals surface area (Å²) < 4.78 is 39.4. The predicted molar refractivity (Wildman–Crippen MR) is 79.8 cm³/mol. The Labute approximate surface area is 131 Å². The molecule has 0 saturated carbocycles. The van der Waals surface area contributed by atoms with Gasteiger partial charge in [0.05, 0.1) is 26.4 Å². The minimum atomic E-state index is -3.69. The molecule has 0 aromatic rings. The van der Waals surface area contributed by atoms with E-state index in [-0.39, 0.29) is 31.9 Å². The molecule has 0 aliphatic rings. The van der Waals surface area contributed by atoms with Crippen LogP contribution in [0.2, 0.25) is 0 Å². The van der Waals surface area contributed by atoms with Crippen LogP contribution in [0.1, 0.15) is 27.7 Å². The average molecular weight is 362 g/mol. The molecule has 0 rings (SSSR count). The molecular weight excluding hydrogens is 338 g/mol. The van der Waals surface area contributed by atoms with E-state index in [1.807, 2.05) is 0 Å². The molecule has 132 valence electrons. The molecule has 0 radical (unpaired) electrons. The predicted octanol–water partition coefficient (Wildman–Crippen LogP) is 2.21. The monoisotopic (exact) mass is 362 g/mol. The smallest absolute Gasteiger partial charge is 0.412 e. The normalized spacial score (nSPS) is 9.91. The summed E-state index contributed by atoms with van der Waals surface area (Å²) >= 11 is 0. The van der Waals surface area contributed by atoms with Gasteiger partial charge in [0.2, 0.25) is 0 Å². The van der Waals surface area contributed by atoms with Gasteiger partial charge in [0.25, 0.3) is 0 Å². The Balaban J connectivity index is -0.000000127. The van der Waals surface area contributed by atoms with Crippen LogP contribution in [0.25, 0.3) is 0 Å². The highest BCUT2D eigenvalue weighted by atomic mass is 31.2. The summed E-state index contributed by atoms with van der Waals surface area (Å²) in [5.74, 6) is 1.49. The molecule has 3 N–H and O–H groups in total. The summed E-state index contributed by atoms with van der Waals surface area (Å²) in [6.45, 7) is 10.9. The van der Waals surface area contributed by atoms with E-state index in [1.165, 1.54) is 5.81 Å². The SMILES string of the molecule is C#N.CCOP(=O)(C#N)OCC.CCOP(=O)(O)OCC.O. The third-order valence-electron chi connectivity index (χ3n) is 1.31. The highest BCUT2D eigenvalue weighted by molar-refractivity contribution is 7.59. The second kappa shape index (κ2) is 18.2. The van der Waals surface area contributed by atoms with Gasteiger partial charge in [-0.25, -0.2) is 14.4 Å². The molecular formula is C10H24N2O8P2. The largest absolute Gasteiger partial charge is 0.472 e. The summed E-state index contributed by atoms with van der Waals surface area (Å²) in [5, 5.41) is 14.8. The van der Waals surface area contributed by atoms with Crippen molar-refractivity contribution < 1.29 is 37.6 Å². The zero-order valence-electron chi connectivity index (χ0n) is 13.1. The molecule has 0 fully saturated rings. The topological polar surface area (TPSA) is 170 Å². The van der Waals surface area contributed by atoms with Crippen molar-refractivity contribution >= 4 is 15.4 Å². The molecule has 0 heterocycles. The number of hydrogen-bond donors (Lipinski definition) is 1. The molecule has 0 amide bonds. The molecule has 0 aromatic heterocycles. The maximum Gasteiger partial charge on any atom is 0.472 e. The van der Waals surface area contributed by atoms with E-state index in [4.69, 9.17) is 15.4 Å². The second-order valence-corrected chi connectivity index (χ2v) is 5.90. The van der Waals surface area contributed by atoms with Gasteiger partial charge < -0.3 is 10.4 Å². The van der Waals surface area contributed by atoms with Gasteiger partial charge in [-0.05, 0) is 27.7 Å². The number of nitriles is 2. The van der Waals surface area contributed by atoms with Gasteiger partial charge in [0.1, 0.15) is 0 Å². The van der Waals surface area contributed by atoms with Crippen molar-refractivity contribution in [1.29, 1.82) is 10.5 Å². The van der Waals surface area contributed by atoms with Gasteiger partial charge in [0, 0.05) is 6.57 Å². The molecule has 12 heteroatoms. The van der Waals surface area contributed by atoms with Crippen molar-refractivity contribution in [1.82, 2.24) is 0 Å². The summed E-state index contributed by atoms with van der Waals surface area (Å²) in [5.41, 5.74) is 0. The van der Waals surface area contributed by atoms with Crippen LogP contribution < -0.4 is 0 Å². The van der Waals surface area contributed by atoms with Gasteiger partial charge in [-0.1, -0.05) is 0 Å². The van der Waals surface area contributed by atoms with Crippen LogP contribution >= 0.6 is 15.4 Å². The summed E-state index contributed by atoms with van der Waals surface area (Å²) in [7, 11) is -7.09. The van der Waals surface area contributed by atoms with E-state index in [2.05, 4.69) is 24.7 Å². The van der Waals surface area contributed by atoms with E-state index in [1.54, 1.807) is 27.7 Å². The van der Waals surface area contributed by atoms with E-state index >= 15 is 0 Å². The van der Waals surface area contributed by atoms with Crippen molar-refractivity contribution in [3.63, 3.8) is 0 Å². The zero-order chi connectivity index (χ0) is 17.4. The molecule has 0 spiro atoms. The number of nitrogens with zero attached hydrogens (tertiary/aromatic N) is 2. The third-order valence-corrected chi connectivity index (χ3v) is 3.92. The molecule has 0 saturated heterocycles. The average Bonchev–Trinajstić information content (AvgIpc) is 2.42. The first-order valence-electron chi connectivity index (χ1n) is 5.98. The first kappa shape index (κ1) is 29.2. The Morgan fingerprint density at radius 1 is 0.909 bits per heavy atom. The highest BCUT2D eigenvalue weighted by Crippen LogP contribution is 2.46. The van der Waals surface area contributed by atoms with Crippen LogP contribution in [0, 0.1) is 22.9 Å². The summed E-state index contributed by atoms with van der Waals surface area (Å²) in [4.78, 5) is 8.63. The number of phosphoric acid groups is 1. The number of phosphoric ester groups is 1. The van der Waals surface area contributed by atoms with Crippen LogP contribution in [-0.4, -0.2) is 36.8 Å². The second-order valence-electron chi connectivity index (χ2n) is 2.74. The van der Waals surface area contributed by atoms with Gasteiger partial charge in [-0.3, -0.25) is 18.1 Å². The maximum atomic E-state index is 11.0. The van der Waals surface area contributed by atoms with Gasteiger partial charge >= 0.3 is 15.4 Å². The Hall–Kier alpha value is -0.800. The third kappa shape index (κ3) is 19.2. The lowest BCUT2D eigenvalue weighted by atomic mass is 10.9. The molecule has 22 heavy (non-hydrogen) atoms. The summed E-state index contributed by atoms with van der Waals surface area (Å²) in [6.07, 6.45) is 0. The summed E-state index contributed by atoms with van der Waals surface area (Å²) in [6, 6.07) is 0. The van der Waals surface area contributed by atoms with Crippen molar-refractivity contribution in [2.45, 2.75) is 27.7 Å². The van der Waals surface area contributed by atoms with Crippen molar-refractivity contribution in [3.05, 3.63) is 0 Å². The lowest BCUT2D eigenvalue weighted by molar-refractivity contribution is 0.161. The molecule has 0 unspecified atom stereocenters. The standard InChI is InChI=1S/C5H10NO3P.C4H11O4P.CHN.H2O/c1-3-8-10(7,5-6)9-4-2;1-3-7-9(5,6)8-4-2;1-2;/h3-4H2,1-2H3;3-4H2,1-2H3,(H,5,6);1H;1H2. The molecule has 10 nitrogen and oxygen atoms in total. The molecule has 0 aromatic carbocycles. The molecule has 0 atom stereocenters. The first-order valence-corrected chi connectivity index (χ1v) is 9.02. The van der Waals surface area contributed by atoms with Crippen LogP contribution in [-0.2, 0) is 27.2 Å². The first-order chi connectivity index (χ1) is 9.80. The van der Waals surface area contributed by atoms with Gasteiger partial charge in [0.15, 0.2) is 5.81 Å². The Morgan fingerprint density at radius 3 is 1.36 bits per heavy atom. The minimum Gasteiger partial charge on any atom is -0.412 e. The van der Waals surface area contributed by atoms with Gasteiger partial charge in [-0.15, -0.1) is 0 Å². The van der Waals surface area contributed by atoms with Crippen molar-refractivity contribution in [2.24, 2.45) is 0 Å². The van der Waals surface area contributed by atoms with E-state index in [0.29, 0.717) is 0 Å². The lowest BCUT2D eigenvalue weighted by Gasteiger charge is -2.07. The van der Waals surface area contributed by atoms with Crippen LogP contribution in [0.5, 0.6) is 0 Å².